The maximum absolute atomic E-state index is 12.9. The first-order chi connectivity index (χ1) is 13.5. The molecule has 1 unspecified atom stereocenters. The topological polar surface area (TPSA) is 70.5 Å². The highest BCUT2D eigenvalue weighted by molar-refractivity contribution is 7.14. The Morgan fingerprint density at radius 2 is 1.93 bits per heavy atom. The highest BCUT2D eigenvalue weighted by Gasteiger charge is 2.47. The number of Topliss-reactive ketones (excluding diaryl/α,β-unsaturated/α-hetero) is 1. The van der Waals surface area contributed by atoms with E-state index in [0.29, 0.717) is 21.3 Å². The van der Waals surface area contributed by atoms with E-state index in [9.17, 15) is 14.7 Å². The first kappa shape index (κ1) is 18.4. The number of ketones is 1. The molecule has 140 valence electrons. The second kappa shape index (κ2) is 7.22. The normalized spacial score (nSPS) is 18.6. The van der Waals surface area contributed by atoms with Crippen molar-refractivity contribution in [3.05, 3.63) is 87.4 Å². The number of carbonyl (C=O) groups is 2. The average Bonchev–Trinajstić information content (AvgIpc) is 3.29. The van der Waals surface area contributed by atoms with Gasteiger partial charge in [0.2, 0.25) is 0 Å². The summed E-state index contributed by atoms with van der Waals surface area (Å²) in [5.74, 6) is -1.70. The fourth-order valence-corrected chi connectivity index (χ4v) is 4.09. The summed E-state index contributed by atoms with van der Waals surface area (Å²) in [5.41, 5.74) is 2.13. The van der Waals surface area contributed by atoms with Gasteiger partial charge in [-0.2, -0.15) is 0 Å². The number of anilines is 1. The monoisotopic (exact) mass is 410 g/mol. The van der Waals surface area contributed by atoms with E-state index in [2.05, 4.69) is 4.98 Å². The smallest absolute Gasteiger partial charge is 0.301 e. The zero-order valence-corrected chi connectivity index (χ0v) is 16.4. The van der Waals surface area contributed by atoms with Crippen LogP contribution in [0.1, 0.15) is 22.7 Å². The predicted molar refractivity (Wildman–Crippen MR) is 110 cm³/mol. The molecule has 3 aromatic rings. The molecular weight excluding hydrogens is 396 g/mol. The number of thiazole rings is 1. The van der Waals surface area contributed by atoms with E-state index in [1.165, 1.54) is 16.2 Å². The van der Waals surface area contributed by atoms with Crippen LogP contribution >= 0.6 is 22.9 Å². The molecule has 2 heterocycles. The Kier molecular flexibility index (Phi) is 4.75. The minimum absolute atomic E-state index is 0.0197. The number of hydrogen-bond donors (Lipinski definition) is 1. The van der Waals surface area contributed by atoms with Crippen LogP contribution in [0.15, 0.2) is 65.7 Å². The maximum Gasteiger partial charge on any atom is 0.301 e. The van der Waals surface area contributed by atoms with Gasteiger partial charge < -0.3 is 5.11 Å². The number of carbonyl (C=O) groups excluding carboxylic acids is 2. The lowest BCUT2D eigenvalue weighted by atomic mass is 9.95. The van der Waals surface area contributed by atoms with Crippen molar-refractivity contribution in [1.82, 2.24) is 4.98 Å². The molecule has 1 saturated heterocycles. The molecule has 28 heavy (non-hydrogen) atoms. The number of aliphatic hydroxyl groups excluding tert-OH is 1. The molecule has 0 aliphatic carbocycles. The standard InChI is InChI=1S/C21H15ClN2O3S/c1-12-5-7-13(8-6-12)18(25)16-17(14-3-2-4-15(22)11-14)24(20(27)19(16)26)21-23-9-10-28-21/h2-11,17,25H,1H3/b18-16-. The minimum atomic E-state index is -0.814. The van der Waals surface area contributed by atoms with E-state index in [1.54, 1.807) is 48.0 Å². The van der Waals surface area contributed by atoms with Gasteiger partial charge in [0.05, 0.1) is 11.6 Å². The second-order valence-corrected chi connectivity index (χ2v) is 7.71. The van der Waals surface area contributed by atoms with E-state index in [1.807, 2.05) is 19.1 Å². The highest BCUT2D eigenvalue weighted by Crippen LogP contribution is 2.43. The molecule has 1 amide bonds. The molecular formula is C21H15ClN2O3S. The molecule has 5 nitrogen and oxygen atoms in total. The first-order valence-corrected chi connectivity index (χ1v) is 9.76. The average molecular weight is 411 g/mol. The number of amides is 1. The Labute approximate surface area is 170 Å². The second-order valence-electron chi connectivity index (χ2n) is 6.40. The summed E-state index contributed by atoms with van der Waals surface area (Å²) in [6.07, 6.45) is 1.56. The number of aryl methyl sites for hydroxylation is 1. The Balaban J connectivity index is 1.95. The predicted octanol–water partition coefficient (Wildman–Crippen LogP) is 4.73. The van der Waals surface area contributed by atoms with Crippen LogP contribution in [-0.4, -0.2) is 21.8 Å². The summed E-state index contributed by atoms with van der Waals surface area (Å²) in [6.45, 7) is 1.93. The molecule has 1 N–H and O–H groups in total. The summed E-state index contributed by atoms with van der Waals surface area (Å²) in [6, 6.07) is 13.2. The molecule has 4 rings (SSSR count). The van der Waals surface area contributed by atoms with Crippen LogP contribution in [0.3, 0.4) is 0 Å². The molecule has 1 atom stereocenters. The first-order valence-electron chi connectivity index (χ1n) is 8.50. The van der Waals surface area contributed by atoms with Gasteiger partial charge in [-0.3, -0.25) is 14.5 Å². The fraction of sp³-hybridized carbons (Fsp3) is 0.0952. The molecule has 1 aliphatic heterocycles. The quantitative estimate of drug-likeness (QED) is 0.385. The number of rotatable bonds is 3. The molecule has 0 saturated carbocycles. The van der Waals surface area contributed by atoms with Crippen LogP contribution in [0.4, 0.5) is 5.13 Å². The van der Waals surface area contributed by atoms with Crippen molar-refractivity contribution in [1.29, 1.82) is 0 Å². The van der Waals surface area contributed by atoms with Crippen molar-refractivity contribution >= 4 is 45.5 Å². The lowest BCUT2D eigenvalue weighted by Crippen LogP contribution is -2.29. The summed E-state index contributed by atoms with van der Waals surface area (Å²) in [7, 11) is 0. The van der Waals surface area contributed by atoms with E-state index >= 15 is 0 Å². The van der Waals surface area contributed by atoms with E-state index < -0.39 is 17.7 Å². The van der Waals surface area contributed by atoms with Gasteiger partial charge in [0, 0.05) is 22.2 Å². The number of hydrogen-bond acceptors (Lipinski definition) is 5. The zero-order valence-electron chi connectivity index (χ0n) is 14.8. The third-order valence-corrected chi connectivity index (χ3v) is 5.57. The van der Waals surface area contributed by atoms with Gasteiger partial charge >= 0.3 is 5.91 Å². The molecule has 0 spiro atoms. The van der Waals surface area contributed by atoms with Crippen molar-refractivity contribution in [3.63, 3.8) is 0 Å². The number of halogens is 1. The van der Waals surface area contributed by atoms with Gasteiger partial charge in [-0.1, -0.05) is 53.6 Å². The van der Waals surface area contributed by atoms with Crippen LogP contribution in [0.2, 0.25) is 5.02 Å². The number of benzene rings is 2. The SMILES string of the molecule is Cc1ccc(/C(O)=C2/C(=O)C(=O)N(c3nccs3)C2c2cccc(Cl)c2)cc1. The van der Waals surface area contributed by atoms with Crippen molar-refractivity contribution in [2.45, 2.75) is 13.0 Å². The number of nitrogens with zero attached hydrogens (tertiary/aromatic N) is 2. The Bertz CT molecular complexity index is 1090. The summed E-state index contributed by atoms with van der Waals surface area (Å²) < 4.78 is 0. The minimum Gasteiger partial charge on any atom is -0.507 e. The molecule has 1 fully saturated rings. The van der Waals surface area contributed by atoms with E-state index in [-0.39, 0.29) is 11.3 Å². The Hall–Kier alpha value is -2.96. The van der Waals surface area contributed by atoms with E-state index in [0.717, 1.165) is 5.56 Å². The van der Waals surface area contributed by atoms with Gasteiger partial charge in [-0.05, 0) is 24.6 Å². The molecule has 2 aromatic carbocycles. The van der Waals surface area contributed by atoms with Crippen molar-refractivity contribution < 1.29 is 14.7 Å². The van der Waals surface area contributed by atoms with Gasteiger partial charge in [0.1, 0.15) is 5.76 Å². The van der Waals surface area contributed by atoms with Crippen LogP contribution < -0.4 is 4.90 Å². The molecule has 0 bridgehead atoms. The lowest BCUT2D eigenvalue weighted by molar-refractivity contribution is -0.132. The largest absolute Gasteiger partial charge is 0.507 e. The highest BCUT2D eigenvalue weighted by atomic mass is 35.5. The van der Waals surface area contributed by atoms with Crippen LogP contribution in [0, 0.1) is 6.92 Å². The molecule has 0 radical (unpaired) electrons. The maximum atomic E-state index is 12.9. The molecule has 1 aliphatic rings. The number of aromatic nitrogens is 1. The van der Waals surface area contributed by atoms with Gasteiger partial charge in [0.25, 0.3) is 5.78 Å². The van der Waals surface area contributed by atoms with Crippen LogP contribution in [-0.2, 0) is 9.59 Å². The van der Waals surface area contributed by atoms with Crippen molar-refractivity contribution in [2.24, 2.45) is 0 Å². The fourth-order valence-electron chi connectivity index (χ4n) is 3.22. The summed E-state index contributed by atoms with van der Waals surface area (Å²) in [4.78, 5) is 31.2. The van der Waals surface area contributed by atoms with Gasteiger partial charge in [0.15, 0.2) is 5.13 Å². The third-order valence-electron chi connectivity index (χ3n) is 4.56. The molecule has 7 heteroatoms. The van der Waals surface area contributed by atoms with Crippen molar-refractivity contribution in [3.8, 4) is 0 Å². The third kappa shape index (κ3) is 3.10. The van der Waals surface area contributed by atoms with Gasteiger partial charge in [-0.25, -0.2) is 4.98 Å². The zero-order chi connectivity index (χ0) is 19.8. The number of aliphatic hydroxyl groups is 1. The lowest BCUT2D eigenvalue weighted by Gasteiger charge is -2.23. The van der Waals surface area contributed by atoms with Crippen LogP contribution in [0.5, 0.6) is 0 Å². The Morgan fingerprint density at radius 3 is 2.57 bits per heavy atom. The summed E-state index contributed by atoms with van der Waals surface area (Å²) in [5, 5.41) is 13.5. The van der Waals surface area contributed by atoms with Crippen molar-refractivity contribution in [2.75, 3.05) is 4.90 Å². The van der Waals surface area contributed by atoms with E-state index in [4.69, 9.17) is 11.6 Å². The molecule has 1 aromatic heterocycles. The summed E-state index contributed by atoms with van der Waals surface area (Å²) >= 11 is 7.40. The Morgan fingerprint density at radius 1 is 1.18 bits per heavy atom. The van der Waals surface area contributed by atoms with Crippen LogP contribution in [0.25, 0.3) is 5.76 Å². The van der Waals surface area contributed by atoms with Gasteiger partial charge in [-0.15, -0.1) is 11.3 Å².